The number of nitrogens with two attached hydrogens (primary N) is 1. The maximum Gasteiger partial charge on any atom is 0.247 e. The van der Waals surface area contributed by atoms with Crippen LogP contribution in [0.5, 0.6) is 0 Å². The van der Waals surface area contributed by atoms with Crippen LogP contribution in [0.25, 0.3) is 0 Å². The molecular formula is C15H14N4O3. The fourth-order valence-electron chi connectivity index (χ4n) is 3.29. The second kappa shape index (κ2) is 4.32. The number of rotatable bonds is 1. The highest BCUT2D eigenvalue weighted by Crippen LogP contribution is 2.52. The van der Waals surface area contributed by atoms with Gasteiger partial charge in [0.1, 0.15) is 11.9 Å². The van der Waals surface area contributed by atoms with E-state index in [1.165, 1.54) is 0 Å². The molecule has 1 aromatic carbocycles. The molecule has 22 heavy (non-hydrogen) atoms. The molecule has 0 unspecified atom stereocenters. The van der Waals surface area contributed by atoms with Gasteiger partial charge in [-0.3, -0.25) is 9.59 Å². The van der Waals surface area contributed by atoms with Crippen molar-refractivity contribution in [2.24, 2.45) is 17.1 Å². The molecule has 3 atom stereocenters. The van der Waals surface area contributed by atoms with Crippen LogP contribution in [0.15, 0.2) is 41.7 Å². The molecule has 1 spiro atoms. The average Bonchev–Trinajstić information content (AvgIpc) is 2.88. The quantitative estimate of drug-likeness (QED) is 0.515. The van der Waals surface area contributed by atoms with Crippen molar-refractivity contribution in [3.05, 3.63) is 47.3 Å². The van der Waals surface area contributed by atoms with E-state index in [1.54, 1.807) is 37.3 Å². The lowest BCUT2D eigenvalue weighted by atomic mass is 9.69. The molecule has 2 amide bonds. The Balaban J connectivity index is 2.20. The Bertz CT molecular complexity index is 752. The van der Waals surface area contributed by atoms with E-state index in [2.05, 4.69) is 10.6 Å². The lowest BCUT2D eigenvalue weighted by molar-refractivity contribution is -0.138. The summed E-state index contributed by atoms with van der Waals surface area (Å²) in [7, 11) is 0. The van der Waals surface area contributed by atoms with Crippen LogP contribution in [0, 0.1) is 22.7 Å². The van der Waals surface area contributed by atoms with Crippen LogP contribution in [-0.2, 0) is 15.3 Å². The molecule has 1 aromatic rings. The summed E-state index contributed by atoms with van der Waals surface area (Å²) in [5.41, 5.74) is 2.35. The van der Waals surface area contributed by atoms with Crippen LogP contribution >= 0.6 is 0 Å². The predicted molar refractivity (Wildman–Crippen MR) is 75.0 cm³/mol. The molecule has 2 aliphatic heterocycles. The topological polar surface area (TPSA) is 128 Å². The molecular weight excluding hydrogens is 284 g/mol. The number of nitrogens with zero attached hydrogens (tertiary/aromatic N) is 1. The van der Waals surface area contributed by atoms with Gasteiger partial charge in [-0.25, -0.2) is 0 Å². The van der Waals surface area contributed by atoms with E-state index in [4.69, 9.17) is 5.73 Å². The molecule has 2 aliphatic rings. The molecule has 1 fully saturated rings. The van der Waals surface area contributed by atoms with Crippen LogP contribution in [-0.4, -0.2) is 16.9 Å². The van der Waals surface area contributed by atoms with Gasteiger partial charge in [-0.2, -0.15) is 5.26 Å². The smallest absolute Gasteiger partial charge is 0.247 e. The van der Waals surface area contributed by atoms with Crippen LogP contribution in [0.1, 0.15) is 12.5 Å². The summed E-state index contributed by atoms with van der Waals surface area (Å²) in [6, 6.07) is 10.3. The molecule has 0 aromatic heterocycles. The Morgan fingerprint density at radius 2 is 1.91 bits per heavy atom. The van der Waals surface area contributed by atoms with Gasteiger partial charge in [0.25, 0.3) is 0 Å². The zero-order valence-electron chi connectivity index (χ0n) is 11.8. The van der Waals surface area contributed by atoms with Gasteiger partial charge in [0.2, 0.25) is 11.8 Å². The Hall–Kier alpha value is -2.85. The van der Waals surface area contributed by atoms with Crippen molar-refractivity contribution < 1.29 is 14.7 Å². The van der Waals surface area contributed by atoms with E-state index >= 15 is 0 Å². The minimum Gasteiger partial charge on any atom is -0.384 e. The van der Waals surface area contributed by atoms with Gasteiger partial charge in [-0.1, -0.05) is 37.3 Å². The van der Waals surface area contributed by atoms with Crippen LogP contribution in [0.4, 0.5) is 0 Å². The van der Waals surface area contributed by atoms with Gasteiger partial charge in [-0.05, 0) is 0 Å². The summed E-state index contributed by atoms with van der Waals surface area (Å²) in [4.78, 5) is 24.9. The molecule has 7 heteroatoms. The lowest BCUT2D eigenvalue weighted by Crippen LogP contribution is -2.45. The van der Waals surface area contributed by atoms with E-state index in [-0.39, 0.29) is 11.4 Å². The van der Waals surface area contributed by atoms with Crippen molar-refractivity contribution in [2.75, 3.05) is 0 Å². The van der Waals surface area contributed by atoms with Crippen molar-refractivity contribution in [1.29, 1.82) is 5.26 Å². The maximum absolute atomic E-state index is 12.6. The van der Waals surface area contributed by atoms with Gasteiger partial charge in [0.15, 0.2) is 11.1 Å². The molecule has 7 nitrogen and oxygen atoms in total. The highest BCUT2D eigenvalue weighted by atomic mass is 16.3. The predicted octanol–water partition coefficient (Wildman–Crippen LogP) is -0.592. The zero-order chi connectivity index (χ0) is 16.1. The van der Waals surface area contributed by atoms with E-state index in [9.17, 15) is 20.0 Å². The minimum absolute atomic E-state index is 0.146. The summed E-state index contributed by atoms with van der Waals surface area (Å²) in [5.74, 6) is -2.49. The minimum atomic E-state index is -1.82. The van der Waals surface area contributed by atoms with Crippen molar-refractivity contribution in [3.63, 3.8) is 0 Å². The molecule has 3 rings (SSSR count). The largest absolute Gasteiger partial charge is 0.384 e. The average molecular weight is 298 g/mol. The first-order valence-electron chi connectivity index (χ1n) is 6.71. The van der Waals surface area contributed by atoms with Crippen LogP contribution in [0.3, 0.4) is 0 Å². The van der Waals surface area contributed by atoms with Gasteiger partial charge in [0, 0.05) is 11.5 Å². The number of hydrogen-bond donors (Lipinski definition) is 4. The molecule has 5 N–H and O–H groups in total. The number of carbonyl (C=O) groups is 2. The van der Waals surface area contributed by atoms with Crippen molar-refractivity contribution in [3.8, 4) is 6.07 Å². The third-order valence-corrected chi connectivity index (χ3v) is 4.53. The van der Waals surface area contributed by atoms with Gasteiger partial charge in [-0.15, -0.1) is 0 Å². The molecule has 112 valence electrons. The molecule has 2 heterocycles. The number of nitrogens with one attached hydrogen (secondary N) is 2. The van der Waals surface area contributed by atoms with Crippen LogP contribution < -0.4 is 16.4 Å². The van der Waals surface area contributed by atoms with E-state index < -0.39 is 28.9 Å². The molecule has 0 radical (unpaired) electrons. The Morgan fingerprint density at radius 1 is 1.27 bits per heavy atom. The maximum atomic E-state index is 12.6. The van der Waals surface area contributed by atoms with E-state index in [1.807, 2.05) is 6.07 Å². The lowest BCUT2D eigenvalue weighted by Gasteiger charge is -2.31. The number of hydrogen-bond acceptors (Lipinski definition) is 5. The first-order valence-corrected chi connectivity index (χ1v) is 6.71. The summed E-state index contributed by atoms with van der Waals surface area (Å²) in [5, 5.41) is 25.1. The fraction of sp³-hybridized carbons (Fsp3) is 0.267. The molecule has 0 bridgehead atoms. The summed E-state index contributed by atoms with van der Waals surface area (Å²) in [6.07, 6.45) is 0. The third kappa shape index (κ3) is 1.42. The number of aliphatic hydroxyl groups is 1. The summed E-state index contributed by atoms with van der Waals surface area (Å²) < 4.78 is 0. The van der Waals surface area contributed by atoms with Crippen LogP contribution in [0.2, 0.25) is 0 Å². The van der Waals surface area contributed by atoms with E-state index in [0.717, 1.165) is 0 Å². The van der Waals surface area contributed by atoms with Crippen molar-refractivity contribution >= 4 is 11.8 Å². The SMILES string of the molecule is C[C@H]1[C@@]2(C(=O)NC(N)=C2C#N)C(=O)N[C@@]1(O)c1ccccc1. The second-order valence-electron chi connectivity index (χ2n) is 5.47. The molecule has 0 aliphatic carbocycles. The molecule has 1 saturated heterocycles. The zero-order valence-corrected chi connectivity index (χ0v) is 11.8. The number of carbonyl (C=O) groups excluding carboxylic acids is 2. The van der Waals surface area contributed by atoms with E-state index in [0.29, 0.717) is 5.56 Å². The number of nitriles is 1. The monoisotopic (exact) mass is 298 g/mol. The highest BCUT2D eigenvalue weighted by molar-refractivity contribution is 6.14. The Labute approximate surface area is 126 Å². The Morgan fingerprint density at radius 3 is 2.50 bits per heavy atom. The summed E-state index contributed by atoms with van der Waals surface area (Å²) in [6.45, 7) is 1.54. The van der Waals surface area contributed by atoms with Crippen molar-refractivity contribution in [2.45, 2.75) is 12.6 Å². The third-order valence-electron chi connectivity index (χ3n) is 4.53. The number of amides is 2. The number of benzene rings is 1. The van der Waals surface area contributed by atoms with Gasteiger partial charge < -0.3 is 21.5 Å². The summed E-state index contributed by atoms with van der Waals surface area (Å²) >= 11 is 0. The first kappa shape index (κ1) is 14.1. The fourth-order valence-corrected chi connectivity index (χ4v) is 3.29. The first-order chi connectivity index (χ1) is 10.4. The Kier molecular flexibility index (Phi) is 2.77. The standard InChI is InChI=1S/C15H14N4O3/c1-8-14(10(7-16)11(17)18-12(14)20)13(21)19-15(8,22)9-5-3-2-4-6-9/h2-6,8,22H,17H2,1H3,(H,18,20)(H,19,21)/t8-,14+,15-/m0/s1. The van der Waals surface area contributed by atoms with Gasteiger partial charge >= 0.3 is 0 Å². The molecule has 0 saturated carbocycles. The van der Waals surface area contributed by atoms with Crippen molar-refractivity contribution in [1.82, 2.24) is 10.6 Å². The highest BCUT2D eigenvalue weighted by Gasteiger charge is 2.69. The van der Waals surface area contributed by atoms with Gasteiger partial charge in [0.05, 0.1) is 5.57 Å². The second-order valence-corrected chi connectivity index (χ2v) is 5.47. The normalized spacial score (nSPS) is 33.8.